The van der Waals surface area contributed by atoms with Gasteiger partial charge >= 0.3 is 0 Å². The highest BCUT2D eigenvalue weighted by Gasteiger charge is 2.28. The van der Waals surface area contributed by atoms with Gasteiger partial charge in [-0.2, -0.15) is 0 Å². The minimum atomic E-state index is 0.146. The van der Waals surface area contributed by atoms with E-state index in [1.165, 1.54) is 0 Å². The summed E-state index contributed by atoms with van der Waals surface area (Å²) in [4.78, 5) is 12.1. The first-order chi connectivity index (χ1) is 9.56. The van der Waals surface area contributed by atoms with Crippen LogP contribution in [0.15, 0.2) is 22.8 Å². The molecule has 4 nitrogen and oxygen atoms in total. The summed E-state index contributed by atoms with van der Waals surface area (Å²) in [6.45, 7) is 6.13. The molecule has 2 N–H and O–H groups in total. The lowest BCUT2D eigenvalue weighted by Crippen LogP contribution is -2.42. The van der Waals surface area contributed by atoms with Crippen molar-refractivity contribution in [3.05, 3.63) is 24.2 Å². The Morgan fingerprint density at radius 2 is 2.15 bits per heavy atom. The lowest BCUT2D eigenvalue weighted by atomic mass is 9.84. The van der Waals surface area contributed by atoms with Crippen LogP contribution in [0.4, 0.5) is 0 Å². The summed E-state index contributed by atoms with van der Waals surface area (Å²) in [6, 6.07) is 4.71. The quantitative estimate of drug-likeness (QED) is 0.870. The molecule has 1 aromatic rings. The zero-order valence-corrected chi connectivity index (χ0v) is 12.7. The third kappa shape index (κ3) is 4.10. The zero-order chi connectivity index (χ0) is 14.5. The van der Waals surface area contributed by atoms with Crippen LogP contribution in [0.2, 0.25) is 0 Å². The van der Waals surface area contributed by atoms with Crippen LogP contribution in [0.25, 0.3) is 0 Å². The zero-order valence-electron chi connectivity index (χ0n) is 12.7. The van der Waals surface area contributed by atoms with Crippen molar-refractivity contribution in [1.29, 1.82) is 0 Å². The minimum absolute atomic E-state index is 0.146. The molecule has 2 rings (SSSR count). The van der Waals surface area contributed by atoms with Crippen molar-refractivity contribution in [1.82, 2.24) is 10.6 Å². The Hall–Kier alpha value is -1.29. The van der Waals surface area contributed by atoms with Gasteiger partial charge in [0.1, 0.15) is 5.76 Å². The highest BCUT2D eigenvalue weighted by Crippen LogP contribution is 2.26. The SMILES string of the molecule is CC(C)NC(=O)[C@@H]1CCC[C@H](N[C@H](C)c2ccco2)C1. The molecular weight excluding hydrogens is 252 g/mol. The number of amides is 1. The van der Waals surface area contributed by atoms with Gasteiger partial charge in [-0.15, -0.1) is 0 Å². The Kier molecular flexibility index (Phi) is 5.24. The first-order valence-corrected chi connectivity index (χ1v) is 7.66. The molecule has 4 heteroatoms. The van der Waals surface area contributed by atoms with Gasteiger partial charge in [-0.3, -0.25) is 4.79 Å². The van der Waals surface area contributed by atoms with Gasteiger partial charge in [-0.05, 0) is 52.2 Å². The van der Waals surface area contributed by atoms with Gasteiger partial charge < -0.3 is 15.1 Å². The highest BCUT2D eigenvalue weighted by atomic mass is 16.3. The van der Waals surface area contributed by atoms with Crippen LogP contribution < -0.4 is 10.6 Å². The summed E-state index contributed by atoms with van der Waals surface area (Å²) in [7, 11) is 0. The molecule has 0 bridgehead atoms. The van der Waals surface area contributed by atoms with E-state index in [0.717, 1.165) is 31.4 Å². The van der Waals surface area contributed by atoms with Crippen molar-refractivity contribution in [2.24, 2.45) is 5.92 Å². The maximum absolute atomic E-state index is 12.1. The van der Waals surface area contributed by atoms with Gasteiger partial charge in [0, 0.05) is 18.0 Å². The summed E-state index contributed by atoms with van der Waals surface area (Å²) in [5.74, 6) is 1.31. The molecule has 0 radical (unpaired) electrons. The average molecular weight is 278 g/mol. The second-order valence-electron chi connectivity index (χ2n) is 6.13. The topological polar surface area (TPSA) is 54.3 Å². The molecule has 3 atom stereocenters. The fraction of sp³-hybridized carbons (Fsp3) is 0.688. The van der Waals surface area contributed by atoms with Crippen molar-refractivity contribution in [3.63, 3.8) is 0 Å². The van der Waals surface area contributed by atoms with Gasteiger partial charge in [0.2, 0.25) is 5.91 Å². The third-order valence-electron chi connectivity index (χ3n) is 3.93. The fourth-order valence-electron chi connectivity index (χ4n) is 2.96. The molecule has 0 unspecified atom stereocenters. The van der Waals surface area contributed by atoms with Gasteiger partial charge in [0.05, 0.1) is 12.3 Å². The summed E-state index contributed by atoms with van der Waals surface area (Å²) >= 11 is 0. The summed E-state index contributed by atoms with van der Waals surface area (Å²) in [5, 5.41) is 6.61. The molecule has 0 aliphatic heterocycles. The summed E-state index contributed by atoms with van der Waals surface area (Å²) in [6.07, 6.45) is 5.87. The Bertz CT molecular complexity index is 414. The summed E-state index contributed by atoms with van der Waals surface area (Å²) in [5.41, 5.74) is 0. The molecule has 0 saturated heterocycles. The van der Waals surface area contributed by atoms with Gasteiger partial charge in [0.15, 0.2) is 0 Å². The van der Waals surface area contributed by atoms with Crippen LogP contribution in [0, 0.1) is 5.92 Å². The molecule has 0 spiro atoms. The van der Waals surface area contributed by atoms with E-state index < -0.39 is 0 Å². The molecule has 20 heavy (non-hydrogen) atoms. The van der Waals surface area contributed by atoms with Crippen molar-refractivity contribution in [2.45, 2.75) is 64.6 Å². The lowest BCUT2D eigenvalue weighted by molar-refractivity contribution is -0.126. The van der Waals surface area contributed by atoms with Crippen LogP contribution in [0.3, 0.4) is 0 Å². The molecule has 1 aliphatic rings. The predicted octanol–water partition coefficient (Wildman–Crippen LogP) is 3.01. The van der Waals surface area contributed by atoms with E-state index >= 15 is 0 Å². The molecule has 1 heterocycles. The second kappa shape index (κ2) is 6.93. The van der Waals surface area contributed by atoms with Crippen LogP contribution in [-0.2, 0) is 4.79 Å². The van der Waals surface area contributed by atoms with Crippen LogP contribution in [0.1, 0.15) is 58.3 Å². The van der Waals surface area contributed by atoms with Gasteiger partial charge in [0.25, 0.3) is 0 Å². The Morgan fingerprint density at radius 1 is 1.35 bits per heavy atom. The molecule has 112 valence electrons. The van der Waals surface area contributed by atoms with Crippen LogP contribution in [-0.4, -0.2) is 18.0 Å². The molecular formula is C16H26N2O2. The number of rotatable bonds is 5. The van der Waals surface area contributed by atoms with Crippen LogP contribution in [0.5, 0.6) is 0 Å². The maximum atomic E-state index is 12.1. The molecule has 1 aromatic heterocycles. The molecule has 1 aliphatic carbocycles. The number of carbonyl (C=O) groups excluding carboxylic acids is 1. The van der Waals surface area contributed by atoms with Crippen molar-refractivity contribution < 1.29 is 9.21 Å². The molecule has 1 fully saturated rings. The van der Waals surface area contributed by atoms with Crippen molar-refractivity contribution in [3.8, 4) is 0 Å². The second-order valence-corrected chi connectivity index (χ2v) is 6.13. The Labute approximate surface area is 121 Å². The maximum Gasteiger partial charge on any atom is 0.223 e. The number of furan rings is 1. The number of hydrogen-bond donors (Lipinski definition) is 2. The standard InChI is InChI=1S/C16H26N2O2/c1-11(2)17-16(19)13-6-4-7-14(10-13)18-12(3)15-8-5-9-20-15/h5,8-9,11-14,18H,4,6-7,10H2,1-3H3,(H,17,19)/t12-,13-,14+/m1/s1. The number of hydrogen-bond acceptors (Lipinski definition) is 3. The summed E-state index contributed by atoms with van der Waals surface area (Å²) < 4.78 is 5.42. The molecule has 0 aromatic carbocycles. The molecule has 1 saturated carbocycles. The lowest BCUT2D eigenvalue weighted by Gasteiger charge is -2.31. The normalized spacial score (nSPS) is 24.6. The monoisotopic (exact) mass is 278 g/mol. The number of nitrogens with one attached hydrogen (secondary N) is 2. The molecule has 1 amide bonds. The first-order valence-electron chi connectivity index (χ1n) is 7.66. The Morgan fingerprint density at radius 3 is 2.80 bits per heavy atom. The largest absolute Gasteiger partial charge is 0.468 e. The van der Waals surface area contributed by atoms with Crippen molar-refractivity contribution in [2.75, 3.05) is 0 Å². The minimum Gasteiger partial charge on any atom is -0.468 e. The van der Waals surface area contributed by atoms with E-state index in [1.54, 1.807) is 6.26 Å². The highest BCUT2D eigenvalue weighted by molar-refractivity contribution is 5.79. The van der Waals surface area contributed by atoms with E-state index in [0.29, 0.717) is 6.04 Å². The predicted molar refractivity (Wildman–Crippen MR) is 79.3 cm³/mol. The number of carbonyl (C=O) groups is 1. The average Bonchev–Trinajstić information content (AvgIpc) is 2.92. The van der Waals surface area contributed by atoms with E-state index in [4.69, 9.17) is 4.42 Å². The van der Waals surface area contributed by atoms with Crippen LogP contribution >= 0.6 is 0 Å². The third-order valence-corrected chi connectivity index (χ3v) is 3.93. The Balaban J connectivity index is 1.85. The van der Waals surface area contributed by atoms with E-state index in [2.05, 4.69) is 17.6 Å². The first kappa shape index (κ1) is 15.1. The van der Waals surface area contributed by atoms with Gasteiger partial charge in [-0.25, -0.2) is 0 Å². The fourth-order valence-corrected chi connectivity index (χ4v) is 2.96. The van der Waals surface area contributed by atoms with Crippen molar-refractivity contribution >= 4 is 5.91 Å². The van der Waals surface area contributed by atoms with E-state index in [9.17, 15) is 4.79 Å². The van der Waals surface area contributed by atoms with E-state index in [-0.39, 0.29) is 23.9 Å². The van der Waals surface area contributed by atoms with E-state index in [1.807, 2.05) is 26.0 Å². The smallest absolute Gasteiger partial charge is 0.223 e. The van der Waals surface area contributed by atoms with Gasteiger partial charge in [-0.1, -0.05) is 6.42 Å².